The maximum Gasteiger partial charge on any atom is 0.244 e. The number of hydrogen-bond donors (Lipinski definition) is 1. The fourth-order valence-corrected chi connectivity index (χ4v) is 2.37. The van der Waals surface area contributed by atoms with Gasteiger partial charge in [-0.15, -0.1) is 11.3 Å². The minimum Gasteiger partial charge on any atom is -0.497 e. The molecule has 0 atom stereocenters. The van der Waals surface area contributed by atoms with Crippen LogP contribution in [0.1, 0.15) is 9.88 Å². The molecule has 22 heavy (non-hydrogen) atoms. The predicted octanol–water partition coefficient (Wildman–Crippen LogP) is 2.67. The second-order valence-electron chi connectivity index (χ2n) is 4.43. The number of benzene rings is 1. The highest BCUT2D eigenvalue weighted by molar-refractivity contribution is 7.12. The number of ether oxygens (including phenoxy) is 2. The molecule has 0 bridgehead atoms. The molecule has 0 spiro atoms. The minimum atomic E-state index is -0.149. The van der Waals surface area contributed by atoms with Crippen LogP contribution in [-0.2, 0) is 4.79 Å². The molecule has 5 nitrogen and oxygen atoms in total. The molecule has 0 radical (unpaired) electrons. The van der Waals surface area contributed by atoms with E-state index in [4.69, 9.17) is 9.47 Å². The van der Waals surface area contributed by atoms with Gasteiger partial charge >= 0.3 is 0 Å². The van der Waals surface area contributed by atoms with Crippen molar-refractivity contribution in [2.24, 2.45) is 0 Å². The quantitative estimate of drug-likeness (QED) is 0.630. The highest BCUT2D eigenvalue weighted by atomic mass is 32.1. The summed E-state index contributed by atoms with van der Waals surface area (Å²) in [5.74, 6) is 1.37. The van der Waals surface area contributed by atoms with E-state index >= 15 is 0 Å². The highest BCUT2D eigenvalue weighted by Gasteiger charge is 1.98. The zero-order chi connectivity index (χ0) is 15.8. The predicted molar refractivity (Wildman–Crippen MR) is 87.4 cm³/mol. The van der Waals surface area contributed by atoms with Gasteiger partial charge in [0.05, 0.1) is 18.7 Å². The van der Waals surface area contributed by atoms with E-state index in [1.54, 1.807) is 30.7 Å². The lowest BCUT2D eigenvalue weighted by atomic mass is 10.3. The molecule has 1 N–H and O–H groups in total. The van der Waals surface area contributed by atoms with Gasteiger partial charge in [-0.05, 0) is 37.3 Å². The fraction of sp³-hybridized carbons (Fsp3) is 0.250. The van der Waals surface area contributed by atoms with E-state index in [0.29, 0.717) is 13.2 Å². The number of thiazole rings is 1. The maximum atomic E-state index is 11.6. The summed E-state index contributed by atoms with van der Waals surface area (Å²) in [4.78, 5) is 16.7. The smallest absolute Gasteiger partial charge is 0.244 e. The van der Waals surface area contributed by atoms with Gasteiger partial charge in [-0.25, -0.2) is 4.98 Å². The standard InChI is InChI=1S/C16H18N2O3S/c1-12-18-11-15(22-12)7-8-16(19)17-9-10-21-14-5-3-13(20-2)4-6-14/h3-8,11H,9-10H2,1-2H3,(H,17,19)/b8-7+. The number of rotatable bonds is 7. The molecule has 2 aromatic rings. The molecule has 6 heteroatoms. The molecule has 1 aromatic carbocycles. The van der Waals surface area contributed by atoms with Crippen LogP contribution in [0.25, 0.3) is 6.08 Å². The zero-order valence-corrected chi connectivity index (χ0v) is 13.4. The highest BCUT2D eigenvalue weighted by Crippen LogP contribution is 2.16. The van der Waals surface area contributed by atoms with Crippen molar-refractivity contribution in [1.29, 1.82) is 0 Å². The summed E-state index contributed by atoms with van der Waals surface area (Å²) in [6.45, 7) is 2.78. The molecule has 1 aromatic heterocycles. The van der Waals surface area contributed by atoms with Crippen LogP contribution in [0.2, 0.25) is 0 Å². The van der Waals surface area contributed by atoms with Gasteiger partial charge in [0.1, 0.15) is 18.1 Å². The second kappa shape index (κ2) is 8.19. The Morgan fingerprint density at radius 2 is 2.05 bits per heavy atom. The topological polar surface area (TPSA) is 60.5 Å². The average Bonchev–Trinajstić information content (AvgIpc) is 2.96. The van der Waals surface area contributed by atoms with Crippen molar-refractivity contribution < 1.29 is 14.3 Å². The number of aryl methyl sites for hydroxylation is 1. The van der Waals surface area contributed by atoms with E-state index in [-0.39, 0.29) is 5.91 Å². The van der Waals surface area contributed by atoms with Gasteiger partial charge in [-0.3, -0.25) is 4.79 Å². The normalized spacial score (nSPS) is 10.6. The van der Waals surface area contributed by atoms with Crippen LogP contribution >= 0.6 is 11.3 Å². The van der Waals surface area contributed by atoms with Gasteiger partial charge in [0.25, 0.3) is 0 Å². The number of carbonyl (C=O) groups excluding carboxylic acids is 1. The molecular formula is C16H18N2O3S. The maximum absolute atomic E-state index is 11.6. The second-order valence-corrected chi connectivity index (χ2v) is 5.70. The van der Waals surface area contributed by atoms with Gasteiger partial charge in [0.15, 0.2) is 0 Å². The van der Waals surface area contributed by atoms with E-state index < -0.39 is 0 Å². The lowest BCUT2D eigenvalue weighted by Crippen LogP contribution is -2.26. The summed E-state index contributed by atoms with van der Waals surface area (Å²) in [5.41, 5.74) is 0. The first-order chi connectivity index (χ1) is 10.7. The van der Waals surface area contributed by atoms with E-state index in [1.807, 2.05) is 31.2 Å². The molecule has 0 saturated heterocycles. The molecule has 0 saturated carbocycles. The summed E-state index contributed by atoms with van der Waals surface area (Å²) in [6, 6.07) is 7.31. The third kappa shape index (κ3) is 5.21. The Morgan fingerprint density at radius 3 is 2.68 bits per heavy atom. The first-order valence-electron chi connectivity index (χ1n) is 6.82. The van der Waals surface area contributed by atoms with Crippen molar-refractivity contribution in [2.45, 2.75) is 6.92 Å². The van der Waals surface area contributed by atoms with Crippen LogP contribution in [0.15, 0.2) is 36.5 Å². The van der Waals surface area contributed by atoms with E-state index in [2.05, 4.69) is 10.3 Å². The van der Waals surface area contributed by atoms with Crippen molar-refractivity contribution in [3.8, 4) is 11.5 Å². The SMILES string of the molecule is COc1ccc(OCCNC(=O)/C=C/c2cnc(C)s2)cc1. The molecule has 1 heterocycles. The number of aromatic nitrogens is 1. The summed E-state index contributed by atoms with van der Waals surface area (Å²) < 4.78 is 10.6. The minimum absolute atomic E-state index is 0.149. The number of methoxy groups -OCH3 is 1. The van der Waals surface area contributed by atoms with Crippen LogP contribution < -0.4 is 14.8 Å². The van der Waals surface area contributed by atoms with Crippen molar-refractivity contribution in [2.75, 3.05) is 20.3 Å². The first kappa shape index (κ1) is 16.0. The summed E-state index contributed by atoms with van der Waals surface area (Å²) in [6.07, 6.45) is 5.00. The third-order valence-electron chi connectivity index (χ3n) is 2.77. The largest absolute Gasteiger partial charge is 0.497 e. The molecule has 116 valence electrons. The molecule has 1 amide bonds. The Kier molecular flexibility index (Phi) is 5.97. The van der Waals surface area contributed by atoms with Crippen molar-refractivity contribution in [3.63, 3.8) is 0 Å². The lowest BCUT2D eigenvalue weighted by Gasteiger charge is -2.07. The monoisotopic (exact) mass is 318 g/mol. The third-order valence-corrected chi connectivity index (χ3v) is 3.65. The summed E-state index contributed by atoms with van der Waals surface area (Å²) >= 11 is 1.55. The number of amides is 1. The van der Waals surface area contributed by atoms with Crippen LogP contribution in [-0.4, -0.2) is 31.2 Å². The molecule has 0 aliphatic rings. The van der Waals surface area contributed by atoms with Gasteiger partial charge in [0, 0.05) is 17.2 Å². The van der Waals surface area contributed by atoms with E-state index in [0.717, 1.165) is 21.4 Å². The van der Waals surface area contributed by atoms with Crippen molar-refractivity contribution >= 4 is 23.3 Å². The molecule has 0 aliphatic carbocycles. The molecule has 0 aliphatic heterocycles. The van der Waals surface area contributed by atoms with Gasteiger partial charge in [-0.2, -0.15) is 0 Å². The van der Waals surface area contributed by atoms with Crippen molar-refractivity contribution in [1.82, 2.24) is 10.3 Å². The molecule has 0 unspecified atom stereocenters. The number of hydrogen-bond acceptors (Lipinski definition) is 5. The van der Waals surface area contributed by atoms with E-state index in [1.165, 1.54) is 6.08 Å². The lowest BCUT2D eigenvalue weighted by molar-refractivity contribution is -0.116. The molecule has 0 fully saturated rings. The van der Waals surface area contributed by atoms with Gasteiger partial charge < -0.3 is 14.8 Å². The van der Waals surface area contributed by atoms with Gasteiger partial charge in [-0.1, -0.05) is 0 Å². The Labute approximate surface area is 133 Å². The zero-order valence-electron chi connectivity index (χ0n) is 12.5. The Balaban J connectivity index is 1.67. The Bertz CT molecular complexity index is 635. The Morgan fingerprint density at radius 1 is 1.32 bits per heavy atom. The fourth-order valence-electron chi connectivity index (χ4n) is 1.69. The van der Waals surface area contributed by atoms with Crippen molar-refractivity contribution in [3.05, 3.63) is 46.4 Å². The molecular weight excluding hydrogens is 300 g/mol. The number of nitrogens with one attached hydrogen (secondary N) is 1. The van der Waals surface area contributed by atoms with Crippen LogP contribution in [0.3, 0.4) is 0 Å². The van der Waals surface area contributed by atoms with Gasteiger partial charge in [0.2, 0.25) is 5.91 Å². The number of nitrogens with zero attached hydrogens (tertiary/aromatic N) is 1. The summed E-state index contributed by atoms with van der Waals surface area (Å²) in [5, 5.41) is 3.74. The summed E-state index contributed by atoms with van der Waals surface area (Å²) in [7, 11) is 1.62. The molecule has 2 rings (SSSR count). The van der Waals surface area contributed by atoms with E-state index in [9.17, 15) is 4.79 Å². The number of carbonyl (C=O) groups is 1. The van der Waals surface area contributed by atoms with Crippen LogP contribution in [0.4, 0.5) is 0 Å². The Hall–Kier alpha value is -2.34. The average molecular weight is 318 g/mol. The van der Waals surface area contributed by atoms with Crippen LogP contribution in [0, 0.1) is 6.92 Å². The first-order valence-corrected chi connectivity index (χ1v) is 7.64. The van der Waals surface area contributed by atoms with Crippen LogP contribution in [0.5, 0.6) is 11.5 Å².